The van der Waals surface area contributed by atoms with Gasteiger partial charge >= 0.3 is 12.1 Å². The molecule has 1 unspecified atom stereocenters. The van der Waals surface area contributed by atoms with Crippen LogP contribution in [0, 0.1) is 24.6 Å². The lowest BCUT2D eigenvalue weighted by Crippen LogP contribution is -2.38. The summed E-state index contributed by atoms with van der Waals surface area (Å²) in [4.78, 5) is 43.7. The number of nitrogens with one attached hydrogen (secondary N) is 1. The van der Waals surface area contributed by atoms with Crippen LogP contribution < -0.4 is 25.1 Å². The lowest BCUT2D eigenvalue weighted by Gasteiger charge is -2.25. The number of carboxylic acid groups (broad SMARTS) is 1. The Labute approximate surface area is 235 Å². The van der Waals surface area contributed by atoms with Crippen molar-refractivity contribution < 1.29 is 33.3 Å². The summed E-state index contributed by atoms with van der Waals surface area (Å²) in [5.41, 5.74) is -1.03. The zero-order valence-corrected chi connectivity index (χ0v) is 23.8. The minimum Gasteiger partial charge on any atom is -0.497 e. The van der Waals surface area contributed by atoms with E-state index in [9.17, 15) is 19.5 Å². The highest BCUT2D eigenvalue weighted by Crippen LogP contribution is 2.47. The summed E-state index contributed by atoms with van der Waals surface area (Å²) in [7, 11) is 3.04. The number of pyridine rings is 2. The van der Waals surface area contributed by atoms with Crippen molar-refractivity contribution in [1.29, 1.82) is 0 Å². The number of benzene rings is 1. The average molecular weight is 569 g/mol. The van der Waals surface area contributed by atoms with Crippen LogP contribution >= 0.6 is 0 Å². The Morgan fingerprint density at radius 3 is 2.44 bits per heavy atom. The van der Waals surface area contributed by atoms with Crippen molar-refractivity contribution in [2.24, 2.45) is 11.8 Å². The molecule has 1 saturated heterocycles. The van der Waals surface area contributed by atoms with Crippen molar-refractivity contribution in [1.82, 2.24) is 14.9 Å². The monoisotopic (exact) mass is 568 g/mol. The second kappa shape index (κ2) is 10.2. The molecule has 41 heavy (non-hydrogen) atoms. The van der Waals surface area contributed by atoms with Crippen LogP contribution in [0.4, 0.5) is 15.0 Å². The highest BCUT2D eigenvalue weighted by molar-refractivity contribution is 5.93. The second-order valence-corrected chi connectivity index (χ2v) is 11.5. The van der Waals surface area contributed by atoms with E-state index < -0.39 is 34.5 Å². The van der Waals surface area contributed by atoms with Crippen LogP contribution in [0.2, 0.25) is 0 Å². The minimum absolute atomic E-state index is 0.0255. The number of carboxylic acids is 1. The number of fused-ring (bicyclic) bond motifs is 2. The fourth-order valence-corrected chi connectivity index (χ4v) is 5.55. The molecule has 2 fully saturated rings. The van der Waals surface area contributed by atoms with E-state index in [-0.39, 0.29) is 46.8 Å². The fraction of sp³-hybridized carbons (Fsp3) is 0.448. The molecule has 1 amide bonds. The standard InChI is InChI=1S/C29H33FN4O7/c1-14-21-24(35)19(27(36)37)13-33(10-15-7-8-16(39-5)9-20(15)40-6)25(21)32-26(22(14)30)34-11-17-18(12-34)23(17)31-28(38)41-29(2,3)4/h7-9,13,17-18,23H,10-12H2,1-6H3,(H,31,38)(H,36,37)/t17-,18+,23?. The number of carbonyl (C=O) groups is 2. The first-order valence-corrected chi connectivity index (χ1v) is 13.2. The Balaban J connectivity index is 1.50. The molecule has 1 aliphatic carbocycles. The van der Waals surface area contributed by atoms with Crippen LogP contribution in [0.15, 0.2) is 29.2 Å². The van der Waals surface area contributed by atoms with Gasteiger partial charge < -0.3 is 34.1 Å². The smallest absolute Gasteiger partial charge is 0.407 e. The number of ether oxygens (including phenoxy) is 3. The number of anilines is 1. The zero-order valence-electron chi connectivity index (χ0n) is 23.8. The quantitative estimate of drug-likeness (QED) is 0.439. The number of nitrogens with zero attached hydrogens (tertiary/aromatic N) is 3. The largest absolute Gasteiger partial charge is 0.497 e. The van der Waals surface area contributed by atoms with Crippen molar-refractivity contribution in [2.75, 3.05) is 32.2 Å². The lowest BCUT2D eigenvalue weighted by molar-refractivity contribution is 0.0517. The molecule has 1 aliphatic heterocycles. The van der Waals surface area contributed by atoms with Gasteiger partial charge in [-0.15, -0.1) is 0 Å². The number of amides is 1. The first kappa shape index (κ1) is 28.2. The van der Waals surface area contributed by atoms with Gasteiger partial charge in [-0.25, -0.2) is 19.0 Å². The molecule has 0 radical (unpaired) electrons. The van der Waals surface area contributed by atoms with Crippen LogP contribution in [0.3, 0.4) is 0 Å². The first-order valence-electron chi connectivity index (χ1n) is 13.2. The number of aromatic nitrogens is 2. The maximum Gasteiger partial charge on any atom is 0.407 e. The molecular weight excluding hydrogens is 535 g/mol. The number of aromatic carboxylic acids is 1. The molecule has 3 atom stereocenters. The van der Waals surface area contributed by atoms with Gasteiger partial charge in [0.05, 0.1) is 26.2 Å². The van der Waals surface area contributed by atoms with Crippen LogP contribution in [-0.2, 0) is 11.3 Å². The van der Waals surface area contributed by atoms with Crippen molar-refractivity contribution in [2.45, 2.75) is 45.9 Å². The molecular formula is C29H33FN4O7. The summed E-state index contributed by atoms with van der Waals surface area (Å²) in [5.74, 6) is -0.721. The number of rotatable bonds is 7. The molecule has 0 bridgehead atoms. The Kier molecular flexibility index (Phi) is 7.04. The van der Waals surface area contributed by atoms with Gasteiger partial charge in [0.25, 0.3) is 0 Å². The van der Waals surface area contributed by atoms with Crippen LogP contribution in [0.5, 0.6) is 11.5 Å². The van der Waals surface area contributed by atoms with Crippen LogP contribution in [0.25, 0.3) is 11.0 Å². The topological polar surface area (TPSA) is 132 Å². The number of methoxy groups -OCH3 is 2. The Hall–Kier alpha value is -4.35. The average Bonchev–Trinajstić information content (AvgIpc) is 3.32. The van der Waals surface area contributed by atoms with Crippen molar-refractivity contribution in [3.8, 4) is 11.5 Å². The molecule has 2 aliphatic rings. The number of hydrogen-bond acceptors (Lipinski definition) is 8. The van der Waals surface area contributed by atoms with E-state index in [1.54, 1.807) is 43.9 Å². The van der Waals surface area contributed by atoms with Gasteiger partial charge in [0, 0.05) is 54.4 Å². The summed E-state index contributed by atoms with van der Waals surface area (Å²) >= 11 is 0. The van der Waals surface area contributed by atoms with Gasteiger partial charge in [-0.3, -0.25) is 4.79 Å². The number of halogens is 1. The number of carbonyl (C=O) groups excluding carboxylic acids is 1. The van der Waals surface area contributed by atoms with Crippen molar-refractivity contribution in [3.63, 3.8) is 0 Å². The lowest BCUT2D eigenvalue weighted by atomic mass is 10.1. The molecule has 3 aromatic rings. The summed E-state index contributed by atoms with van der Waals surface area (Å²) in [6.45, 7) is 7.87. The van der Waals surface area contributed by atoms with Crippen LogP contribution in [0.1, 0.15) is 42.3 Å². The zero-order chi connectivity index (χ0) is 29.8. The summed E-state index contributed by atoms with van der Waals surface area (Å²) in [6, 6.07) is 5.14. The normalized spacial score (nSPS) is 19.6. The number of hydrogen-bond donors (Lipinski definition) is 2. The van der Waals surface area contributed by atoms with E-state index in [0.717, 1.165) is 0 Å². The third kappa shape index (κ3) is 5.25. The number of piperidine rings is 1. The molecule has 3 heterocycles. The molecule has 2 aromatic heterocycles. The predicted molar refractivity (Wildman–Crippen MR) is 149 cm³/mol. The van der Waals surface area contributed by atoms with E-state index in [0.29, 0.717) is 30.2 Å². The summed E-state index contributed by atoms with van der Waals surface area (Å²) in [6.07, 6.45) is 0.744. The molecule has 0 spiro atoms. The fourth-order valence-electron chi connectivity index (χ4n) is 5.55. The SMILES string of the molecule is COc1ccc(Cn2cc(C(=O)O)c(=O)c3c(C)c(F)c(N4C[C@@H]5C(NC(=O)OC(C)(C)C)[C@@H]5C4)nc32)c(OC)c1. The maximum atomic E-state index is 15.8. The third-order valence-corrected chi connectivity index (χ3v) is 7.61. The Morgan fingerprint density at radius 1 is 1.17 bits per heavy atom. The van der Waals surface area contributed by atoms with E-state index in [4.69, 9.17) is 14.2 Å². The highest BCUT2D eigenvalue weighted by Gasteiger charge is 2.57. The minimum atomic E-state index is -1.42. The first-order chi connectivity index (χ1) is 19.3. The molecule has 2 N–H and O–H groups in total. The molecule has 5 rings (SSSR count). The van der Waals surface area contributed by atoms with Gasteiger partial charge in [-0.05, 0) is 39.8 Å². The van der Waals surface area contributed by atoms with E-state index >= 15 is 4.39 Å². The van der Waals surface area contributed by atoms with Crippen LogP contribution in [-0.4, -0.2) is 65.7 Å². The van der Waals surface area contributed by atoms with Gasteiger partial charge in [0.2, 0.25) is 5.43 Å². The van der Waals surface area contributed by atoms with Crippen molar-refractivity contribution in [3.05, 3.63) is 57.1 Å². The maximum absolute atomic E-state index is 15.8. The van der Waals surface area contributed by atoms with E-state index in [1.807, 2.05) is 0 Å². The van der Waals surface area contributed by atoms with Gasteiger partial charge in [-0.2, -0.15) is 0 Å². The number of alkyl carbamates (subject to hydrolysis) is 1. The number of aryl methyl sites for hydroxylation is 1. The predicted octanol–water partition coefficient (Wildman–Crippen LogP) is 3.57. The second-order valence-electron chi connectivity index (χ2n) is 11.5. The van der Waals surface area contributed by atoms with Crippen molar-refractivity contribution >= 4 is 28.9 Å². The molecule has 12 heteroatoms. The van der Waals surface area contributed by atoms with Gasteiger partial charge in [0.15, 0.2) is 11.6 Å². The van der Waals surface area contributed by atoms with E-state index in [2.05, 4.69) is 10.3 Å². The summed E-state index contributed by atoms with van der Waals surface area (Å²) in [5, 5.41) is 12.5. The molecule has 1 saturated carbocycles. The third-order valence-electron chi connectivity index (χ3n) is 7.61. The highest BCUT2D eigenvalue weighted by atomic mass is 19.1. The molecule has 11 nitrogen and oxygen atoms in total. The van der Waals surface area contributed by atoms with Gasteiger partial charge in [0.1, 0.15) is 28.3 Å². The Morgan fingerprint density at radius 2 is 1.85 bits per heavy atom. The molecule has 218 valence electrons. The summed E-state index contributed by atoms with van der Waals surface area (Å²) < 4.78 is 33.4. The van der Waals surface area contributed by atoms with Gasteiger partial charge in [-0.1, -0.05) is 0 Å². The van der Waals surface area contributed by atoms with E-state index in [1.165, 1.54) is 31.9 Å². The molecule has 1 aromatic carbocycles. The Bertz CT molecular complexity index is 1600.